The van der Waals surface area contributed by atoms with Crippen molar-refractivity contribution in [1.82, 2.24) is 4.90 Å². The first-order valence-electron chi connectivity index (χ1n) is 17.4. The van der Waals surface area contributed by atoms with Crippen LogP contribution in [-0.2, 0) is 17.6 Å². The molecule has 0 saturated carbocycles. The Bertz CT molecular complexity index is 2370. The molecule has 0 aromatic heterocycles. The van der Waals surface area contributed by atoms with Crippen molar-refractivity contribution in [2.24, 2.45) is 0 Å². The second kappa shape index (κ2) is 12.4. The molecule has 3 heterocycles. The number of fused-ring (bicyclic) bond motifs is 8. The van der Waals surface area contributed by atoms with Gasteiger partial charge < -0.3 is 0 Å². The first-order valence-corrected chi connectivity index (χ1v) is 18.2. The van der Waals surface area contributed by atoms with Crippen molar-refractivity contribution in [2.45, 2.75) is 0 Å². The monoisotopic (exact) mass is 815 g/mol. The molecule has 4 bridgehead atoms. The Morgan fingerprint density at radius 1 is 0.469 bits per heavy atom. The van der Waals surface area contributed by atoms with Crippen molar-refractivity contribution in [3.05, 3.63) is 183 Å². The van der Waals surface area contributed by atoms with Crippen molar-refractivity contribution < 1.29 is 21.8 Å². The topological polar surface area (TPSA) is 16.2 Å². The normalized spacial score (nSPS) is 16.2. The number of rotatable bonds is 4. The van der Waals surface area contributed by atoms with Gasteiger partial charge in [-0.25, -0.2) is 0 Å². The van der Waals surface area contributed by atoms with Gasteiger partial charge in [0.25, 0.3) is 0 Å². The molecule has 5 nitrogen and oxygen atoms in total. The zero-order chi connectivity index (χ0) is 35.2. The van der Waals surface area contributed by atoms with E-state index in [2.05, 4.69) is 142 Å². The maximum atomic E-state index is 8.52. The standard InChI is InChI=1S/C43H31N5.Pt/c1-44-26-27-45(32-44)37-20-11-22-39(30-37)48(40-23-12-21-38(31-40)47-29-28-46(33-47)36-18-9-4-10-19-36)43-41(34-14-5-2-6-15-34)24-13-25-42(43)35-16-7-3-8-17-35;/h2-29H,1H3;/q-2;/i1D3;. The molecule has 240 valence electrons. The van der Waals surface area contributed by atoms with E-state index in [0.717, 1.165) is 60.5 Å². The van der Waals surface area contributed by atoms with E-state index in [-0.39, 0.29) is 0 Å². The maximum absolute atomic E-state index is 8.52. The molecule has 6 heteroatoms. The SMILES string of the molecule is [2H]C([2H])([2H])N1C=CN2[C]1=[Pt]=[C]1N(C=CN1c1ccccc1)c1[c-]c(ccc1)N(c1c(-c3ccccc3)cccc1-c1ccccc1)c1[c-]c2ccc1. The number of nitrogens with zero attached hydrogens (tertiary/aromatic N) is 5. The van der Waals surface area contributed by atoms with Crippen LogP contribution in [0.2, 0.25) is 0 Å². The van der Waals surface area contributed by atoms with Crippen molar-refractivity contribution in [1.29, 1.82) is 0 Å². The van der Waals surface area contributed by atoms with Gasteiger partial charge in [0, 0.05) is 0 Å². The van der Waals surface area contributed by atoms with Gasteiger partial charge in [0.15, 0.2) is 0 Å². The molecule has 6 aromatic carbocycles. The quantitative estimate of drug-likeness (QED) is 0.165. The molecule has 0 spiro atoms. The molecular formula is C43H31N5Pt-2. The van der Waals surface area contributed by atoms with E-state index in [1.54, 1.807) is 6.20 Å². The first-order chi connectivity index (χ1) is 25.4. The Hall–Kier alpha value is -5.77. The summed E-state index contributed by atoms with van der Waals surface area (Å²) in [6.07, 6.45) is 7.64. The van der Waals surface area contributed by atoms with E-state index in [1.807, 2.05) is 53.6 Å². The van der Waals surface area contributed by atoms with Gasteiger partial charge in [-0.15, -0.1) is 0 Å². The van der Waals surface area contributed by atoms with Crippen LogP contribution in [0.15, 0.2) is 170 Å². The summed E-state index contributed by atoms with van der Waals surface area (Å²) < 4.78 is 27.3. The number of benzene rings is 6. The average Bonchev–Trinajstić information content (AvgIpc) is 3.81. The third kappa shape index (κ3) is 5.24. The predicted molar refractivity (Wildman–Crippen MR) is 200 cm³/mol. The van der Waals surface area contributed by atoms with E-state index in [0.29, 0.717) is 4.15 Å². The van der Waals surface area contributed by atoms with Crippen molar-refractivity contribution in [2.75, 3.05) is 26.6 Å². The summed E-state index contributed by atoms with van der Waals surface area (Å²) in [6.45, 7) is -2.37. The van der Waals surface area contributed by atoms with Gasteiger partial charge in [0.1, 0.15) is 0 Å². The van der Waals surface area contributed by atoms with Gasteiger partial charge in [0.05, 0.1) is 0 Å². The summed E-state index contributed by atoms with van der Waals surface area (Å²) in [5, 5.41) is 0. The van der Waals surface area contributed by atoms with E-state index < -0.39 is 24.6 Å². The average molecular weight is 816 g/mol. The van der Waals surface area contributed by atoms with Crippen LogP contribution in [0.4, 0.5) is 34.1 Å². The summed E-state index contributed by atoms with van der Waals surface area (Å²) in [4.78, 5) is 10.00. The van der Waals surface area contributed by atoms with Crippen molar-refractivity contribution in [3.8, 4) is 22.3 Å². The van der Waals surface area contributed by atoms with E-state index in [9.17, 15) is 0 Å². The number of para-hydroxylation sites is 2. The Morgan fingerprint density at radius 2 is 0.959 bits per heavy atom. The van der Waals surface area contributed by atoms with Gasteiger partial charge in [0.2, 0.25) is 0 Å². The molecule has 0 radical (unpaired) electrons. The Balaban J connectivity index is 1.35. The molecule has 0 unspecified atom stereocenters. The van der Waals surface area contributed by atoms with Crippen LogP contribution < -0.4 is 19.6 Å². The fraction of sp³-hybridized carbons (Fsp3) is 0.0233. The van der Waals surface area contributed by atoms with Crippen LogP contribution in [-0.4, -0.2) is 20.2 Å². The molecule has 6 aromatic rings. The summed E-state index contributed by atoms with van der Waals surface area (Å²) in [6, 6.07) is 57.4. The molecule has 0 fully saturated rings. The second-order valence-electron chi connectivity index (χ2n) is 11.6. The molecule has 49 heavy (non-hydrogen) atoms. The third-order valence-electron chi connectivity index (χ3n) is 8.60. The zero-order valence-corrected chi connectivity index (χ0v) is 28.5. The second-order valence-corrected chi connectivity index (χ2v) is 14.2. The minimum atomic E-state index is -2.37. The first kappa shape index (κ1) is 26.2. The number of hydrogen-bond donors (Lipinski definition) is 0. The Kier molecular flexibility index (Phi) is 6.61. The molecule has 0 saturated heterocycles. The molecule has 0 atom stereocenters. The summed E-state index contributed by atoms with van der Waals surface area (Å²) in [7, 11) is 0. The Labute approximate surface area is 299 Å². The number of hydrogen-bond acceptors (Lipinski definition) is 5. The fourth-order valence-electron chi connectivity index (χ4n) is 6.35. The zero-order valence-electron chi connectivity index (χ0n) is 29.2. The molecule has 3 aliphatic rings. The van der Waals surface area contributed by atoms with Crippen LogP contribution >= 0.6 is 0 Å². The van der Waals surface area contributed by atoms with E-state index in [4.69, 9.17) is 4.11 Å². The molecule has 0 N–H and O–H groups in total. The predicted octanol–water partition coefficient (Wildman–Crippen LogP) is 9.38. The molecule has 0 amide bonds. The molecule has 9 rings (SSSR count). The van der Waals surface area contributed by atoms with E-state index >= 15 is 0 Å². The third-order valence-corrected chi connectivity index (χ3v) is 11.8. The summed E-state index contributed by atoms with van der Waals surface area (Å²) >= 11 is -1.12. The van der Waals surface area contributed by atoms with E-state index in [1.165, 1.54) is 4.90 Å². The molecule has 0 aliphatic carbocycles. The fourth-order valence-corrected chi connectivity index (χ4v) is 9.42. The van der Waals surface area contributed by atoms with Gasteiger partial charge in [-0.2, -0.15) is 0 Å². The van der Waals surface area contributed by atoms with Gasteiger partial charge in [-0.3, -0.25) is 0 Å². The van der Waals surface area contributed by atoms with Crippen LogP contribution in [0.3, 0.4) is 0 Å². The van der Waals surface area contributed by atoms with Gasteiger partial charge in [-0.05, 0) is 0 Å². The van der Waals surface area contributed by atoms with Gasteiger partial charge in [-0.1, -0.05) is 0 Å². The van der Waals surface area contributed by atoms with Gasteiger partial charge >= 0.3 is 300 Å². The molecule has 3 aliphatic heterocycles. The van der Waals surface area contributed by atoms with Crippen LogP contribution in [0, 0.1) is 12.1 Å². The summed E-state index contributed by atoms with van der Waals surface area (Å²) in [5.74, 6) is 0. The number of anilines is 6. The van der Waals surface area contributed by atoms with Crippen LogP contribution in [0.5, 0.6) is 0 Å². The Morgan fingerprint density at radius 3 is 1.55 bits per heavy atom. The summed E-state index contributed by atoms with van der Waals surface area (Å²) in [5.41, 5.74) is 9.52. The van der Waals surface area contributed by atoms with Crippen molar-refractivity contribution in [3.63, 3.8) is 0 Å². The van der Waals surface area contributed by atoms with Crippen molar-refractivity contribution >= 4 is 42.4 Å². The molecular weight excluding hydrogens is 782 g/mol. The minimum absolute atomic E-state index is 0.705. The van der Waals surface area contributed by atoms with Crippen LogP contribution in [0.1, 0.15) is 4.11 Å². The van der Waals surface area contributed by atoms with Crippen LogP contribution in [0.25, 0.3) is 22.3 Å².